The number of rotatable bonds is 6. The normalized spacial score (nSPS) is 38.6. The van der Waals surface area contributed by atoms with E-state index < -0.39 is 0 Å². The van der Waals surface area contributed by atoms with E-state index in [4.69, 9.17) is 0 Å². The summed E-state index contributed by atoms with van der Waals surface area (Å²) < 4.78 is 0. The quantitative estimate of drug-likeness (QED) is 0.785. The van der Waals surface area contributed by atoms with Crippen LogP contribution in [-0.4, -0.2) is 36.6 Å². The van der Waals surface area contributed by atoms with Gasteiger partial charge in [0.25, 0.3) is 0 Å². The molecule has 0 amide bonds. The van der Waals surface area contributed by atoms with Gasteiger partial charge in [0.15, 0.2) is 0 Å². The minimum Gasteiger partial charge on any atom is -0.314 e. The van der Waals surface area contributed by atoms with Crippen molar-refractivity contribution in [3.8, 4) is 0 Å². The van der Waals surface area contributed by atoms with E-state index in [1.165, 1.54) is 58.0 Å². The molecule has 0 bridgehead atoms. The molecule has 5 atom stereocenters. The van der Waals surface area contributed by atoms with Crippen LogP contribution in [0.2, 0.25) is 0 Å². The molecule has 0 radical (unpaired) electrons. The Morgan fingerprint density at radius 1 is 1.05 bits per heavy atom. The number of hydrogen-bond donors (Lipinski definition) is 1. The van der Waals surface area contributed by atoms with Crippen LogP contribution in [0.3, 0.4) is 0 Å². The summed E-state index contributed by atoms with van der Waals surface area (Å²) in [5.74, 6) is 2.77. The third kappa shape index (κ3) is 4.96. The molecular weight excluding hydrogens is 256 g/mol. The minimum absolute atomic E-state index is 0.771. The zero-order chi connectivity index (χ0) is 15.2. The summed E-state index contributed by atoms with van der Waals surface area (Å²) in [6, 6.07) is 1.57. The molecule has 1 aliphatic carbocycles. The van der Waals surface area contributed by atoms with Gasteiger partial charge in [-0.2, -0.15) is 0 Å². The van der Waals surface area contributed by atoms with E-state index in [9.17, 15) is 0 Å². The van der Waals surface area contributed by atoms with Crippen LogP contribution in [0.5, 0.6) is 0 Å². The highest BCUT2D eigenvalue weighted by Crippen LogP contribution is 2.34. The summed E-state index contributed by atoms with van der Waals surface area (Å²) >= 11 is 0. The predicted octanol–water partition coefficient (Wildman–Crippen LogP) is 4.30. The molecule has 0 aromatic rings. The Kier molecular flexibility index (Phi) is 7.01. The number of likely N-dealkylation sites (tertiary alicyclic amines) is 1. The molecule has 2 rings (SSSR count). The molecule has 21 heavy (non-hydrogen) atoms. The third-order valence-corrected chi connectivity index (χ3v) is 5.97. The molecule has 1 saturated heterocycles. The van der Waals surface area contributed by atoms with E-state index in [0.29, 0.717) is 0 Å². The fourth-order valence-electron chi connectivity index (χ4n) is 4.70. The third-order valence-electron chi connectivity index (χ3n) is 5.97. The van der Waals surface area contributed by atoms with Gasteiger partial charge in [-0.3, -0.25) is 0 Å². The number of nitrogens with zero attached hydrogens (tertiary/aromatic N) is 1. The van der Waals surface area contributed by atoms with Crippen molar-refractivity contribution in [1.29, 1.82) is 0 Å². The Balaban J connectivity index is 1.94. The second-order valence-corrected chi connectivity index (χ2v) is 7.88. The Morgan fingerprint density at radius 2 is 1.86 bits per heavy atom. The van der Waals surface area contributed by atoms with Crippen molar-refractivity contribution in [2.24, 2.45) is 17.8 Å². The monoisotopic (exact) mass is 294 g/mol. The van der Waals surface area contributed by atoms with Gasteiger partial charge in [0.05, 0.1) is 0 Å². The second-order valence-electron chi connectivity index (χ2n) is 7.88. The van der Waals surface area contributed by atoms with Gasteiger partial charge in [-0.15, -0.1) is 0 Å². The van der Waals surface area contributed by atoms with Crippen LogP contribution in [0.25, 0.3) is 0 Å². The lowest BCUT2D eigenvalue weighted by Crippen LogP contribution is -2.50. The average molecular weight is 295 g/mol. The van der Waals surface area contributed by atoms with Gasteiger partial charge in [0, 0.05) is 25.2 Å². The van der Waals surface area contributed by atoms with Crippen molar-refractivity contribution in [2.45, 2.75) is 84.7 Å². The van der Waals surface area contributed by atoms with Gasteiger partial charge in [0.2, 0.25) is 0 Å². The van der Waals surface area contributed by atoms with Crippen LogP contribution >= 0.6 is 0 Å². The molecule has 2 aliphatic rings. The van der Waals surface area contributed by atoms with Gasteiger partial charge < -0.3 is 10.2 Å². The van der Waals surface area contributed by atoms with E-state index in [1.807, 2.05) is 0 Å². The maximum absolute atomic E-state index is 3.79. The van der Waals surface area contributed by atoms with Gasteiger partial charge in [-0.05, 0) is 63.3 Å². The Hall–Kier alpha value is -0.0800. The van der Waals surface area contributed by atoms with E-state index in [1.54, 1.807) is 0 Å². The molecular formula is C19H38N2. The SMILES string of the molecule is CCCC1CCC(NCC)C(CN2CC(C)CCC2C)C1. The van der Waals surface area contributed by atoms with E-state index >= 15 is 0 Å². The van der Waals surface area contributed by atoms with Crippen molar-refractivity contribution >= 4 is 0 Å². The molecule has 0 aromatic carbocycles. The fourth-order valence-corrected chi connectivity index (χ4v) is 4.70. The number of hydrogen-bond acceptors (Lipinski definition) is 2. The lowest BCUT2D eigenvalue weighted by Gasteiger charge is -2.43. The summed E-state index contributed by atoms with van der Waals surface area (Å²) in [5, 5.41) is 3.79. The molecule has 2 nitrogen and oxygen atoms in total. The van der Waals surface area contributed by atoms with Crippen molar-refractivity contribution in [3.05, 3.63) is 0 Å². The molecule has 0 aromatic heterocycles. The first-order valence-corrected chi connectivity index (χ1v) is 9.61. The minimum atomic E-state index is 0.771. The molecule has 5 unspecified atom stereocenters. The first kappa shape index (κ1) is 17.3. The molecule has 2 heteroatoms. The van der Waals surface area contributed by atoms with Crippen molar-refractivity contribution < 1.29 is 0 Å². The van der Waals surface area contributed by atoms with Gasteiger partial charge in [0.1, 0.15) is 0 Å². The summed E-state index contributed by atoms with van der Waals surface area (Å²) in [6.45, 7) is 13.3. The highest BCUT2D eigenvalue weighted by molar-refractivity contribution is 4.88. The van der Waals surface area contributed by atoms with Crippen LogP contribution in [0.1, 0.15) is 72.6 Å². The topological polar surface area (TPSA) is 15.3 Å². The van der Waals surface area contributed by atoms with Crippen molar-refractivity contribution in [2.75, 3.05) is 19.6 Å². The van der Waals surface area contributed by atoms with Crippen LogP contribution in [0.15, 0.2) is 0 Å². The highest BCUT2D eigenvalue weighted by Gasteiger charge is 2.33. The van der Waals surface area contributed by atoms with Crippen LogP contribution in [0.4, 0.5) is 0 Å². The number of piperidine rings is 1. The number of nitrogens with one attached hydrogen (secondary N) is 1. The zero-order valence-corrected chi connectivity index (χ0v) is 14.9. The maximum Gasteiger partial charge on any atom is 0.0108 e. The summed E-state index contributed by atoms with van der Waals surface area (Å²) in [5.41, 5.74) is 0. The molecule has 1 N–H and O–H groups in total. The van der Waals surface area contributed by atoms with E-state index in [0.717, 1.165) is 36.4 Å². The maximum atomic E-state index is 3.79. The van der Waals surface area contributed by atoms with Gasteiger partial charge in [-0.25, -0.2) is 0 Å². The first-order chi connectivity index (χ1) is 10.1. The Morgan fingerprint density at radius 3 is 2.57 bits per heavy atom. The van der Waals surface area contributed by atoms with E-state index in [-0.39, 0.29) is 0 Å². The molecule has 1 aliphatic heterocycles. The molecule has 0 spiro atoms. The fraction of sp³-hybridized carbons (Fsp3) is 1.00. The van der Waals surface area contributed by atoms with Gasteiger partial charge in [-0.1, -0.05) is 33.6 Å². The smallest absolute Gasteiger partial charge is 0.0108 e. The van der Waals surface area contributed by atoms with E-state index in [2.05, 4.69) is 37.9 Å². The summed E-state index contributed by atoms with van der Waals surface area (Å²) in [6.07, 6.45) is 9.95. The van der Waals surface area contributed by atoms with Crippen LogP contribution < -0.4 is 5.32 Å². The largest absolute Gasteiger partial charge is 0.314 e. The lowest BCUT2D eigenvalue weighted by atomic mass is 9.75. The molecule has 124 valence electrons. The zero-order valence-electron chi connectivity index (χ0n) is 14.9. The summed E-state index contributed by atoms with van der Waals surface area (Å²) in [7, 11) is 0. The molecule has 2 fully saturated rings. The standard InChI is InChI=1S/C19H38N2/c1-5-7-17-10-11-19(20-6-2)18(12-17)14-21-13-15(3)8-9-16(21)4/h15-20H,5-14H2,1-4H3. The van der Waals surface area contributed by atoms with Gasteiger partial charge >= 0.3 is 0 Å². The predicted molar refractivity (Wildman–Crippen MR) is 92.6 cm³/mol. The van der Waals surface area contributed by atoms with Crippen LogP contribution in [0, 0.1) is 17.8 Å². The second kappa shape index (κ2) is 8.53. The Labute approximate surface area is 133 Å². The van der Waals surface area contributed by atoms with Crippen LogP contribution in [-0.2, 0) is 0 Å². The molecule has 1 saturated carbocycles. The van der Waals surface area contributed by atoms with Crippen molar-refractivity contribution in [3.63, 3.8) is 0 Å². The summed E-state index contributed by atoms with van der Waals surface area (Å²) in [4.78, 5) is 2.80. The molecule has 1 heterocycles. The van der Waals surface area contributed by atoms with Crippen molar-refractivity contribution in [1.82, 2.24) is 10.2 Å². The first-order valence-electron chi connectivity index (χ1n) is 9.61. The Bertz CT molecular complexity index is 291. The highest BCUT2D eigenvalue weighted by atomic mass is 15.2. The lowest BCUT2D eigenvalue weighted by molar-refractivity contribution is 0.0727. The average Bonchev–Trinajstić information content (AvgIpc) is 2.46.